The van der Waals surface area contributed by atoms with Gasteiger partial charge >= 0.3 is 0 Å². The lowest BCUT2D eigenvalue weighted by Gasteiger charge is -2.12. The number of phenolic OH excluding ortho intramolecular Hbond substituents is 1. The third-order valence-electron chi connectivity index (χ3n) is 3.05. The second kappa shape index (κ2) is 5.65. The Morgan fingerprint density at radius 1 is 1.09 bits per heavy atom. The molecule has 0 radical (unpaired) electrons. The van der Waals surface area contributed by atoms with Crippen LogP contribution in [0.25, 0.3) is 6.08 Å². The van der Waals surface area contributed by atoms with Gasteiger partial charge in [-0.05, 0) is 59.8 Å². The fraction of sp³-hybridized carbons (Fsp3) is 0. The number of rotatable bonds is 2. The number of carbonyl (C=O) groups excluding carboxylic acids is 2. The number of amides is 2. The number of aromatic hydroxyl groups is 1. The highest BCUT2D eigenvalue weighted by Crippen LogP contribution is 2.36. The summed E-state index contributed by atoms with van der Waals surface area (Å²) in [4.78, 5) is 25.6. The van der Waals surface area contributed by atoms with Gasteiger partial charge in [0.05, 0.1) is 10.6 Å². The van der Waals surface area contributed by atoms with E-state index in [0.717, 1.165) is 16.7 Å². The number of halogens is 1. The Bertz CT molecular complexity index is 786. The topological polar surface area (TPSA) is 57.6 Å². The lowest BCUT2D eigenvalue weighted by Crippen LogP contribution is -2.27. The summed E-state index contributed by atoms with van der Waals surface area (Å²) in [7, 11) is 0. The van der Waals surface area contributed by atoms with Crippen LogP contribution in [0.15, 0.2) is 53.4 Å². The molecule has 2 amide bonds. The van der Waals surface area contributed by atoms with Gasteiger partial charge in [0.1, 0.15) is 11.6 Å². The summed E-state index contributed by atoms with van der Waals surface area (Å²) in [5.74, 6) is -0.831. The maximum Gasteiger partial charge on any atom is 0.298 e. The first-order valence-electron chi connectivity index (χ1n) is 6.37. The van der Waals surface area contributed by atoms with E-state index in [-0.39, 0.29) is 10.7 Å². The summed E-state index contributed by atoms with van der Waals surface area (Å²) in [5, 5.41) is 8.83. The van der Waals surface area contributed by atoms with Crippen molar-refractivity contribution in [3.63, 3.8) is 0 Å². The van der Waals surface area contributed by atoms with Crippen LogP contribution >= 0.6 is 11.8 Å². The van der Waals surface area contributed by atoms with E-state index in [1.54, 1.807) is 6.07 Å². The molecule has 6 heteroatoms. The molecule has 0 spiro atoms. The molecule has 1 fully saturated rings. The van der Waals surface area contributed by atoms with E-state index in [1.807, 2.05) is 0 Å². The Labute approximate surface area is 129 Å². The molecule has 0 aromatic heterocycles. The van der Waals surface area contributed by atoms with Gasteiger partial charge in [0.15, 0.2) is 0 Å². The van der Waals surface area contributed by atoms with Gasteiger partial charge in [0.2, 0.25) is 0 Å². The standard InChI is InChI=1S/C16H10FNO3S/c17-11-3-1-2-10(8-11)9-14-15(20)18(16(21)22-14)12-4-6-13(19)7-5-12/h1-9,19H/b14-9-. The van der Waals surface area contributed by atoms with E-state index in [4.69, 9.17) is 0 Å². The fourth-order valence-corrected chi connectivity index (χ4v) is 2.88. The van der Waals surface area contributed by atoms with E-state index in [1.165, 1.54) is 48.5 Å². The summed E-state index contributed by atoms with van der Waals surface area (Å²) in [5.41, 5.74) is 0.888. The summed E-state index contributed by atoms with van der Waals surface area (Å²) in [6, 6.07) is 11.5. The van der Waals surface area contributed by atoms with Gasteiger partial charge in [-0.1, -0.05) is 12.1 Å². The van der Waals surface area contributed by atoms with Crippen LogP contribution in [0.3, 0.4) is 0 Å². The van der Waals surface area contributed by atoms with Gasteiger partial charge in [0.25, 0.3) is 11.1 Å². The normalized spacial score (nSPS) is 16.6. The molecule has 1 aliphatic rings. The van der Waals surface area contributed by atoms with Gasteiger partial charge in [-0.25, -0.2) is 9.29 Å². The Hall–Kier alpha value is -2.60. The van der Waals surface area contributed by atoms with Gasteiger partial charge in [-0.3, -0.25) is 9.59 Å². The van der Waals surface area contributed by atoms with Crippen LogP contribution in [0.2, 0.25) is 0 Å². The minimum atomic E-state index is -0.468. The summed E-state index contributed by atoms with van der Waals surface area (Å²) >= 11 is 0.795. The second-order valence-electron chi connectivity index (χ2n) is 4.59. The van der Waals surface area contributed by atoms with E-state index in [0.29, 0.717) is 11.3 Å². The average Bonchev–Trinajstić information content (AvgIpc) is 2.75. The van der Waals surface area contributed by atoms with Crippen molar-refractivity contribution in [1.82, 2.24) is 0 Å². The Morgan fingerprint density at radius 3 is 2.50 bits per heavy atom. The number of thioether (sulfide) groups is 1. The molecule has 1 saturated heterocycles. The molecule has 1 N–H and O–H groups in total. The number of hydrogen-bond acceptors (Lipinski definition) is 4. The van der Waals surface area contributed by atoms with Gasteiger partial charge in [0, 0.05) is 0 Å². The summed E-state index contributed by atoms with van der Waals surface area (Å²) in [6.45, 7) is 0. The number of phenols is 1. The smallest absolute Gasteiger partial charge is 0.298 e. The predicted molar refractivity (Wildman–Crippen MR) is 83.0 cm³/mol. The molecule has 0 atom stereocenters. The number of benzene rings is 2. The molecule has 1 heterocycles. The SMILES string of the molecule is O=C1S/C(=C\c2cccc(F)c2)C(=O)N1c1ccc(O)cc1. The fourth-order valence-electron chi connectivity index (χ4n) is 2.04. The van der Waals surface area contributed by atoms with Crippen LogP contribution in [0.4, 0.5) is 14.9 Å². The molecule has 0 bridgehead atoms. The quantitative estimate of drug-likeness (QED) is 0.857. The molecule has 0 unspecified atom stereocenters. The third-order valence-corrected chi connectivity index (χ3v) is 3.92. The average molecular weight is 315 g/mol. The third kappa shape index (κ3) is 2.73. The molecule has 3 rings (SSSR count). The number of nitrogens with zero attached hydrogens (tertiary/aromatic N) is 1. The van der Waals surface area contributed by atoms with Crippen molar-refractivity contribution in [2.75, 3.05) is 4.90 Å². The molecule has 110 valence electrons. The molecule has 2 aromatic carbocycles. The molecular formula is C16H10FNO3S. The largest absolute Gasteiger partial charge is 0.508 e. The van der Waals surface area contributed by atoms with Gasteiger partial charge in [-0.2, -0.15) is 0 Å². The first-order chi connectivity index (χ1) is 10.5. The highest BCUT2D eigenvalue weighted by atomic mass is 32.2. The van der Waals surface area contributed by atoms with Gasteiger partial charge in [-0.15, -0.1) is 0 Å². The van der Waals surface area contributed by atoms with Crippen LogP contribution in [0.1, 0.15) is 5.56 Å². The van der Waals surface area contributed by atoms with Crippen LogP contribution in [-0.4, -0.2) is 16.3 Å². The lowest BCUT2D eigenvalue weighted by molar-refractivity contribution is -0.113. The zero-order chi connectivity index (χ0) is 15.7. The Morgan fingerprint density at radius 2 is 1.82 bits per heavy atom. The first-order valence-corrected chi connectivity index (χ1v) is 7.19. The van der Waals surface area contributed by atoms with Crippen molar-refractivity contribution in [3.8, 4) is 5.75 Å². The number of hydrogen-bond donors (Lipinski definition) is 1. The minimum Gasteiger partial charge on any atom is -0.508 e. The first kappa shape index (κ1) is 14.3. The maximum absolute atomic E-state index is 13.2. The van der Waals surface area contributed by atoms with E-state index >= 15 is 0 Å². The number of carbonyl (C=O) groups is 2. The second-order valence-corrected chi connectivity index (χ2v) is 5.58. The maximum atomic E-state index is 13.2. The minimum absolute atomic E-state index is 0.0472. The zero-order valence-electron chi connectivity index (χ0n) is 11.2. The summed E-state index contributed by atoms with van der Waals surface area (Å²) < 4.78 is 13.2. The van der Waals surface area contributed by atoms with Gasteiger partial charge < -0.3 is 5.11 Å². The highest BCUT2D eigenvalue weighted by Gasteiger charge is 2.36. The molecule has 0 saturated carbocycles. The number of anilines is 1. The lowest BCUT2D eigenvalue weighted by atomic mass is 10.2. The van der Waals surface area contributed by atoms with Crippen LogP contribution in [-0.2, 0) is 4.79 Å². The van der Waals surface area contributed by atoms with E-state index in [9.17, 15) is 19.1 Å². The number of imide groups is 1. The van der Waals surface area contributed by atoms with Crippen molar-refractivity contribution in [3.05, 3.63) is 64.8 Å². The van der Waals surface area contributed by atoms with E-state index < -0.39 is 17.0 Å². The summed E-state index contributed by atoms with van der Waals surface area (Å²) in [6.07, 6.45) is 1.48. The van der Waals surface area contributed by atoms with E-state index in [2.05, 4.69) is 0 Å². The molecule has 4 nitrogen and oxygen atoms in total. The monoisotopic (exact) mass is 315 g/mol. The van der Waals surface area contributed by atoms with Crippen molar-refractivity contribution >= 4 is 34.7 Å². The van der Waals surface area contributed by atoms with Crippen LogP contribution in [0, 0.1) is 5.82 Å². The Balaban J connectivity index is 1.93. The predicted octanol–water partition coefficient (Wildman–Crippen LogP) is 3.77. The molecule has 22 heavy (non-hydrogen) atoms. The van der Waals surface area contributed by atoms with Crippen molar-refractivity contribution in [1.29, 1.82) is 0 Å². The molecule has 0 aliphatic carbocycles. The molecule has 2 aromatic rings. The Kier molecular flexibility index (Phi) is 3.68. The zero-order valence-corrected chi connectivity index (χ0v) is 12.0. The molecular weight excluding hydrogens is 305 g/mol. The van der Waals surface area contributed by atoms with Crippen molar-refractivity contribution < 1.29 is 19.1 Å². The van der Waals surface area contributed by atoms with Crippen molar-refractivity contribution in [2.24, 2.45) is 0 Å². The van der Waals surface area contributed by atoms with Crippen LogP contribution in [0.5, 0.6) is 5.75 Å². The van der Waals surface area contributed by atoms with Crippen LogP contribution < -0.4 is 4.90 Å². The van der Waals surface area contributed by atoms with Crippen molar-refractivity contribution in [2.45, 2.75) is 0 Å². The highest BCUT2D eigenvalue weighted by molar-refractivity contribution is 8.19. The molecule has 1 aliphatic heterocycles.